The largest absolute Gasteiger partial charge is 0.419 e. The monoisotopic (exact) mass is 378 g/mol. The molecule has 1 aromatic heterocycles. The van der Waals surface area contributed by atoms with Crippen LogP contribution in [0.15, 0.2) is 51.7 Å². The van der Waals surface area contributed by atoms with Crippen LogP contribution in [0.5, 0.6) is 0 Å². The molecule has 0 saturated heterocycles. The second-order valence-corrected chi connectivity index (χ2v) is 7.62. The van der Waals surface area contributed by atoms with Gasteiger partial charge >= 0.3 is 5.76 Å². The van der Waals surface area contributed by atoms with Crippen molar-refractivity contribution in [2.24, 2.45) is 0 Å². The van der Waals surface area contributed by atoms with Crippen LogP contribution in [-0.2, 0) is 24.2 Å². The number of hydrogen-bond donors (Lipinski definition) is 1. The molecule has 2 aromatic carbocycles. The van der Waals surface area contributed by atoms with Gasteiger partial charge < -0.3 is 9.73 Å². The highest BCUT2D eigenvalue weighted by Gasteiger charge is 2.14. The van der Waals surface area contributed by atoms with Crippen molar-refractivity contribution in [1.29, 1.82) is 0 Å². The molecular formula is C23H26N2O3. The molecule has 28 heavy (non-hydrogen) atoms. The molecule has 0 unspecified atom stereocenters. The number of carbonyl (C=O) groups excluding carboxylic acids is 1. The number of aromatic nitrogens is 1. The van der Waals surface area contributed by atoms with Gasteiger partial charge in [-0.1, -0.05) is 30.3 Å². The van der Waals surface area contributed by atoms with Crippen molar-refractivity contribution in [1.82, 2.24) is 9.88 Å². The molecule has 0 bridgehead atoms. The second-order valence-electron chi connectivity index (χ2n) is 7.62. The van der Waals surface area contributed by atoms with Gasteiger partial charge in [-0.05, 0) is 67.9 Å². The molecule has 0 saturated carbocycles. The smallest absolute Gasteiger partial charge is 0.408 e. The van der Waals surface area contributed by atoms with E-state index >= 15 is 0 Å². The molecule has 3 aromatic rings. The van der Waals surface area contributed by atoms with E-state index in [0.717, 1.165) is 17.5 Å². The van der Waals surface area contributed by atoms with Crippen LogP contribution in [0.3, 0.4) is 0 Å². The Hall–Kier alpha value is -2.82. The maximum absolute atomic E-state index is 12.4. The highest BCUT2D eigenvalue weighted by Crippen LogP contribution is 2.24. The topological polar surface area (TPSA) is 64.2 Å². The van der Waals surface area contributed by atoms with Crippen LogP contribution >= 0.6 is 0 Å². The zero-order valence-electron chi connectivity index (χ0n) is 16.2. The van der Waals surface area contributed by atoms with Crippen LogP contribution in [0.1, 0.15) is 55.3 Å². The minimum Gasteiger partial charge on any atom is -0.408 e. The predicted octanol–water partition coefficient (Wildman–Crippen LogP) is 4.13. The molecule has 4 rings (SSSR count). The van der Waals surface area contributed by atoms with Gasteiger partial charge in [-0.3, -0.25) is 9.36 Å². The summed E-state index contributed by atoms with van der Waals surface area (Å²) in [5, 5.41) is 3.09. The van der Waals surface area contributed by atoms with Crippen molar-refractivity contribution in [3.8, 4) is 0 Å². The molecule has 1 aliphatic rings. The van der Waals surface area contributed by atoms with E-state index in [1.54, 1.807) is 10.6 Å². The average Bonchev–Trinajstić information content (AvgIpc) is 3.03. The SMILES string of the molecule is C[C@H](NC(=O)CCCn1c(=O)oc2ccccc21)c1ccc2c(c1)CCCC2. The van der Waals surface area contributed by atoms with Gasteiger partial charge in [-0.2, -0.15) is 0 Å². The lowest BCUT2D eigenvalue weighted by molar-refractivity contribution is -0.121. The minimum atomic E-state index is -0.371. The summed E-state index contributed by atoms with van der Waals surface area (Å²) in [6, 6.07) is 13.9. The van der Waals surface area contributed by atoms with Gasteiger partial charge in [0, 0.05) is 13.0 Å². The van der Waals surface area contributed by atoms with E-state index in [-0.39, 0.29) is 17.7 Å². The van der Waals surface area contributed by atoms with Crippen molar-refractivity contribution in [3.63, 3.8) is 0 Å². The summed E-state index contributed by atoms with van der Waals surface area (Å²) in [6.07, 6.45) is 5.79. The summed E-state index contributed by atoms with van der Waals surface area (Å²) in [4.78, 5) is 24.4. The van der Waals surface area contributed by atoms with Crippen LogP contribution in [0.25, 0.3) is 11.1 Å². The molecule has 0 aliphatic heterocycles. The average molecular weight is 378 g/mol. The van der Waals surface area contributed by atoms with Gasteiger partial charge in [-0.15, -0.1) is 0 Å². The molecule has 1 amide bonds. The lowest BCUT2D eigenvalue weighted by Gasteiger charge is -2.20. The number of fused-ring (bicyclic) bond motifs is 2. The van der Waals surface area contributed by atoms with Crippen molar-refractivity contribution in [3.05, 3.63) is 69.7 Å². The third-order valence-electron chi connectivity index (χ3n) is 5.61. The van der Waals surface area contributed by atoms with E-state index in [2.05, 4.69) is 23.5 Å². The Bertz CT molecular complexity index is 1050. The third-order valence-corrected chi connectivity index (χ3v) is 5.61. The van der Waals surface area contributed by atoms with Crippen molar-refractivity contribution in [2.45, 2.75) is 58.0 Å². The van der Waals surface area contributed by atoms with E-state index in [9.17, 15) is 9.59 Å². The Labute approximate surface area is 164 Å². The lowest BCUT2D eigenvalue weighted by atomic mass is 9.89. The van der Waals surface area contributed by atoms with Gasteiger partial charge in [-0.25, -0.2) is 4.79 Å². The lowest BCUT2D eigenvalue weighted by Crippen LogP contribution is -2.27. The van der Waals surface area contributed by atoms with Gasteiger partial charge in [0.15, 0.2) is 5.58 Å². The van der Waals surface area contributed by atoms with E-state index in [1.165, 1.54) is 30.4 Å². The minimum absolute atomic E-state index is 0.00562. The Morgan fingerprint density at radius 1 is 1.14 bits per heavy atom. The van der Waals surface area contributed by atoms with Gasteiger partial charge in [0.25, 0.3) is 0 Å². The summed E-state index contributed by atoms with van der Waals surface area (Å²) in [5.41, 5.74) is 5.39. The molecule has 1 N–H and O–H groups in total. The first-order chi connectivity index (χ1) is 13.6. The highest BCUT2D eigenvalue weighted by molar-refractivity contribution is 5.76. The normalized spacial score (nSPS) is 14.6. The highest BCUT2D eigenvalue weighted by atomic mass is 16.4. The fraction of sp³-hybridized carbons (Fsp3) is 0.391. The predicted molar refractivity (Wildman–Crippen MR) is 109 cm³/mol. The number of benzene rings is 2. The molecule has 1 heterocycles. The van der Waals surface area contributed by atoms with E-state index in [1.807, 2.05) is 25.1 Å². The van der Waals surface area contributed by atoms with Gasteiger partial charge in [0.1, 0.15) is 0 Å². The summed E-state index contributed by atoms with van der Waals surface area (Å²) in [5.74, 6) is -0.366. The number of aryl methyl sites for hydroxylation is 3. The molecular weight excluding hydrogens is 352 g/mol. The first kappa shape index (κ1) is 18.5. The number of nitrogens with zero attached hydrogens (tertiary/aromatic N) is 1. The number of amides is 1. The molecule has 0 spiro atoms. The van der Waals surface area contributed by atoms with Gasteiger partial charge in [0.05, 0.1) is 11.6 Å². The molecule has 146 valence electrons. The Kier molecular flexibility index (Phi) is 5.33. The molecule has 5 heteroatoms. The zero-order chi connectivity index (χ0) is 19.5. The van der Waals surface area contributed by atoms with E-state index < -0.39 is 0 Å². The summed E-state index contributed by atoms with van der Waals surface area (Å²) < 4.78 is 6.82. The third kappa shape index (κ3) is 3.88. The van der Waals surface area contributed by atoms with Crippen LogP contribution in [0, 0.1) is 0 Å². The number of rotatable bonds is 6. The number of carbonyl (C=O) groups is 1. The van der Waals surface area contributed by atoms with Crippen LogP contribution in [-0.4, -0.2) is 10.5 Å². The van der Waals surface area contributed by atoms with Gasteiger partial charge in [0.2, 0.25) is 5.91 Å². The molecule has 5 nitrogen and oxygen atoms in total. The Morgan fingerprint density at radius 2 is 1.93 bits per heavy atom. The molecule has 0 radical (unpaired) electrons. The summed E-state index contributed by atoms with van der Waals surface area (Å²) in [7, 11) is 0. The summed E-state index contributed by atoms with van der Waals surface area (Å²) >= 11 is 0. The standard InChI is InChI=1S/C23H26N2O3/c1-16(18-13-12-17-7-2-3-8-19(17)15-18)24-22(26)11-6-14-25-20-9-4-5-10-21(20)28-23(25)27/h4-5,9-10,12-13,15-16H,2-3,6-8,11,14H2,1H3,(H,24,26)/t16-/m0/s1. The van der Waals surface area contributed by atoms with Crippen molar-refractivity contribution < 1.29 is 9.21 Å². The Morgan fingerprint density at radius 3 is 2.79 bits per heavy atom. The van der Waals surface area contributed by atoms with Crippen LogP contribution in [0.4, 0.5) is 0 Å². The number of nitrogens with one attached hydrogen (secondary N) is 1. The molecule has 0 fully saturated rings. The molecule has 1 atom stereocenters. The molecule has 1 aliphatic carbocycles. The van der Waals surface area contributed by atoms with E-state index in [0.29, 0.717) is 25.0 Å². The van der Waals surface area contributed by atoms with E-state index in [4.69, 9.17) is 4.42 Å². The van der Waals surface area contributed by atoms with Crippen molar-refractivity contribution >= 4 is 17.0 Å². The first-order valence-corrected chi connectivity index (χ1v) is 10.1. The second kappa shape index (κ2) is 8.05. The quantitative estimate of drug-likeness (QED) is 0.701. The maximum Gasteiger partial charge on any atom is 0.419 e. The number of oxazole rings is 1. The van der Waals surface area contributed by atoms with Crippen LogP contribution in [0.2, 0.25) is 0 Å². The maximum atomic E-state index is 12.4. The number of hydrogen-bond acceptors (Lipinski definition) is 3. The summed E-state index contributed by atoms with van der Waals surface area (Å²) in [6.45, 7) is 2.49. The number of para-hydroxylation sites is 2. The fourth-order valence-electron chi connectivity index (χ4n) is 4.04. The Balaban J connectivity index is 1.33. The fourth-order valence-corrected chi connectivity index (χ4v) is 4.04. The van der Waals surface area contributed by atoms with Crippen molar-refractivity contribution in [2.75, 3.05) is 0 Å². The first-order valence-electron chi connectivity index (χ1n) is 10.1. The zero-order valence-corrected chi connectivity index (χ0v) is 16.2. The van der Waals surface area contributed by atoms with Crippen LogP contribution < -0.4 is 11.1 Å².